The summed E-state index contributed by atoms with van der Waals surface area (Å²) in [6.07, 6.45) is 2.38. The Hall–Kier alpha value is -1.40. The third-order valence-electron chi connectivity index (χ3n) is 3.65. The molecule has 1 fully saturated rings. The number of rotatable bonds is 7. The van der Waals surface area contributed by atoms with Crippen LogP contribution < -0.4 is 0 Å². The minimum absolute atomic E-state index is 0.149. The van der Waals surface area contributed by atoms with Crippen molar-refractivity contribution in [2.75, 3.05) is 20.2 Å². The van der Waals surface area contributed by atoms with Gasteiger partial charge in [-0.3, -0.25) is 4.79 Å². The van der Waals surface area contributed by atoms with Crippen molar-refractivity contribution in [2.45, 2.75) is 31.1 Å². The number of methoxy groups -OCH3 is 1. The van der Waals surface area contributed by atoms with Crippen LogP contribution in [-0.4, -0.2) is 38.9 Å². The lowest BCUT2D eigenvalue weighted by Gasteiger charge is -2.20. The van der Waals surface area contributed by atoms with Gasteiger partial charge in [0, 0.05) is 13.1 Å². The van der Waals surface area contributed by atoms with E-state index in [2.05, 4.69) is 4.74 Å². The first-order valence-corrected chi connectivity index (χ1v) is 8.57. The Balaban J connectivity index is 2.13. The van der Waals surface area contributed by atoms with Gasteiger partial charge in [0.1, 0.15) is 0 Å². The first-order valence-electron chi connectivity index (χ1n) is 7.13. The molecule has 1 aliphatic rings. The summed E-state index contributed by atoms with van der Waals surface area (Å²) in [6.45, 7) is 2.93. The molecule has 0 amide bonds. The fourth-order valence-corrected chi connectivity index (χ4v) is 3.68. The molecule has 0 saturated heterocycles. The van der Waals surface area contributed by atoms with Gasteiger partial charge in [0.25, 0.3) is 0 Å². The van der Waals surface area contributed by atoms with Crippen molar-refractivity contribution in [2.24, 2.45) is 5.92 Å². The van der Waals surface area contributed by atoms with E-state index in [1.54, 1.807) is 24.3 Å². The molecule has 1 saturated carbocycles. The van der Waals surface area contributed by atoms with Crippen LogP contribution in [0.5, 0.6) is 0 Å². The third-order valence-corrected chi connectivity index (χ3v) is 5.60. The second kappa shape index (κ2) is 6.58. The third kappa shape index (κ3) is 4.04. The number of carbonyl (C=O) groups excluding carboxylic acids is 1. The van der Waals surface area contributed by atoms with Gasteiger partial charge >= 0.3 is 5.97 Å². The number of nitrogens with zero attached hydrogens (tertiary/aromatic N) is 1. The summed E-state index contributed by atoms with van der Waals surface area (Å²) in [5.74, 6) is 0.174. The molecule has 0 spiro atoms. The summed E-state index contributed by atoms with van der Waals surface area (Å²) in [6, 6.07) is 6.44. The van der Waals surface area contributed by atoms with Crippen LogP contribution in [0.15, 0.2) is 29.2 Å². The van der Waals surface area contributed by atoms with E-state index in [-0.39, 0.29) is 17.3 Å². The van der Waals surface area contributed by atoms with E-state index in [9.17, 15) is 13.2 Å². The highest BCUT2D eigenvalue weighted by Crippen LogP contribution is 2.31. The number of benzene rings is 1. The molecule has 0 N–H and O–H groups in total. The molecule has 6 heteroatoms. The van der Waals surface area contributed by atoms with E-state index in [4.69, 9.17) is 0 Å². The van der Waals surface area contributed by atoms with Crippen LogP contribution in [0.25, 0.3) is 0 Å². The predicted molar refractivity (Wildman–Crippen MR) is 79.3 cm³/mol. The van der Waals surface area contributed by atoms with Gasteiger partial charge in [-0.25, -0.2) is 8.42 Å². The number of ether oxygens (including phenoxy) is 1. The molecule has 5 nitrogen and oxygen atoms in total. The summed E-state index contributed by atoms with van der Waals surface area (Å²) < 4.78 is 31.2. The Labute approximate surface area is 126 Å². The van der Waals surface area contributed by atoms with E-state index in [1.807, 2.05) is 6.92 Å². The number of sulfonamides is 1. The zero-order valence-electron chi connectivity index (χ0n) is 12.4. The molecular formula is C15H21NO4S. The molecule has 0 aromatic heterocycles. The second-order valence-electron chi connectivity index (χ2n) is 5.30. The maximum Gasteiger partial charge on any atom is 0.309 e. The molecule has 1 aliphatic carbocycles. The predicted octanol–water partition coefficient (Wildman–Crippen LogP) is 1.82. The molecular weight excluding hydrogens is 290 g/mol. The Morgan fingerprint density at radius 3 is 2.38 bits per heavy atom. The lowest BCUT2D eigenvalue weighted by molar-refractivity contribution is -0.139. The molecule has 0 aliphatic heterocycles. The molecule has 1 aromatic rings. The molecule has 2 rings (SSSR count). The highest BCUT2D eigenvalue weighted by molar-refractivity contribution is 7.89. The average molecular weight is 311 g/mol. The highest BCUT2D eigenvalue weighted by atomic mass is 32.2. The minimum Gasteiger partial charge on any atom is -0.469 e. The summed E-state index contributed by atoms with van der Waals surface area (Å²) >= 11 is 0. The number of hydrogen-bond acceptors (Lipinski definition) is 4. The first kappa shape index (κ1) is 16.0. The monoisotopic (exact) mass is 311 g/mol. The molecule has 0 atom stereocenters. The van der Waals surface area contributed by atoms with Gasteiger partial charge in [0.2, 0.25) is 10.0 Å². The van der Waals surface area contributed by atoms with Crippen LogP contribution >= 0.6 is 0 Å². The Bertz CT molecular complexity index is 591. The maximum atomic E-state index is 12.6. The second-order valence-corrected chi connectivity index (χ2v) is 7.23. The van der Waals surface area contributed by atoms with Crippen LogP contribution in [0.1, 0.15) is 25.3 Å². The zero-order chi connectivity index (χ0) is 15.5. The van der Waals surface area contributed by atoms with Gasteiger partial charge in [-0.05, 0) is 36.5 Å². The summed E-state index contributed by atoms with van der Waals surface area (Å²) in [5.41, 5.74) is 0.742. The molecule has 0 bridgehead atoms. The van der Waals surface area contributed by atoms with E-state index in [1.165, 1.54) is 11.4 Å². The highest BCUT2D eigenvalue weighted by Gasteiger charge is 2.30. The van der Waals surface area contributed by atoms with Crippen LogP contribution in [0.2, 0.25) is 0 Å². The van der Waals surface area contributed by atoms with Crippen LogP contribution in [0.4, 0.5) is 0 Å². The largest absolute Gasteiger partial charge is 0.469 e. The van der Waals surface area contributed by atoms with E-state index < -0.39 is 10.0 Å². The van der Waals surface area contributed by atoms with E-state index in [0.717, 1.165) is 18.4 Å². The summed E-state index contributed by atoms with van der Waals surface area (Å²) in [5, 5.41) is 0. The molecule has 0 heterocycles. The van der Waals surface area contributed by atoms with Crippen LogP contribution in [0, 0.1) is 5.92 Å². The van der Waals surface area contributed by atoms with Crippen molar-refractivity contribution >= 4 is 16.0 Å². The molecule has 0 unspecified atom stereocenters. The summed E-state index contributed by atoms with van der Waals surface area (Å²) in [7, 11) is -2.11. The minimum atomic E-state index is -3.44. The summed E-state index contributed by atoms with van der Waals surface area (Å²) in [4.78, 5) is 11.5. The number of esters is 1. The van der Waals surface area contributed by atoms with Crippen molar-refractivity contribution in [3.8, 4) is 0 Å². The Morgan fingerprint density at radius 2 is 1.90 bits per heavy atom. The van der Waals surface area contributed by atoms with Gasteiger partial charge < -0.3 is 4.74 Å². The zero-order valence-corrected chi connectivity index (χ0v) is 13.2. The first-order chi connectivity index (χ1) is 9.97. The average Bonchev–Trinajstić information content (AvgIpc) is 3.29. The standard InChI is InChI=1S/C15H21NO4S/c1-3-16(11-13-4-5-13)21(18,19)14-8-6-12(7-9-14)10-15(17)20-2/h6-9,13H,3-5,10-11H2,1-2H3. The van der Waals surface area contributed by atoms with Crippen LogP contribution in [-0.2, 0) is 26.0 Å². The molecule has 116 valence electrons. The fourth-order valence-electron chi connectivity index (χ4n) is 2.15. The maximum absolute atomic E-state index is 12.6. The van der Waals surface area contributed by atoms with Gasteiger partial charge in [0.15, 0.2) is 0 Å². The van der Waals surface area contributed by atoms with E-state index >= 15 is 0 Å². The smallest absolute Gasteiger partial charge is 0.309 e. The van der Waals surface area contributed by atoms with Gasteiger partial charge in [-0.15, -0.1) is 0 Å². The van der Waals surface area contributed by atoms with Crippen molar-refractivity contribution < 1.29 is 17.9 Å². The fraction of sp³-hybridized carbons (Fsp3) is 0.533. The topological polar surface area (TPSA) is 63.7 Å². The van der Waals surface area contributed by atoms with Crippen LogP contribution in [0.3, 0.4) is 0 Å². The van der Waals surface area contributed by atoms with Gasteiger partial charge in [0.05, 0.1) is 18.4 Å². The van der Waals surface area contributed by atoms with E-state index in [0.29, 0.717) is 19.0 Å². The van der Waals surface area contributed by atoms with Gasteiger partial charge in [-0.2, -0.15) is 4.31 Å². The van der Waals surface area contributed by atoms with Crippen molar-refractivity contribution in [1.82, 2.24) is 4.31 Å². The normalized spacial score (nSPS) is 15.2. The lowest BCUT2D eigenvalue weighted by atomic mass is 10.2. The molecule has 21 heavy (non-hydrogen) atoms. The quantitative estimate of drug-likeness (QED) is 0.721. The number of hydrogen-bond donors (Lipinski definition) is 0. The molecule has 1 aromatic carbocycles. The Kier molecular flexibility index (Phi) is 5.00. The van der Waals surface area contributed by atoms with Crippen molar-refractivity contribution in [1.29, 1.82) is 0 Å². The van der Waals surface area contributed by atoms with Crippen molar-refractivity contribution in [3.05, 3.63) is 29.8 Å². The van der Waals surface area contributed by atoms with Crippen molar-refractivity contribution in [3.63, 3.8) is 0 Å². The molecule has 0 radical (unpaired) electrons. The SMILES string of the molecule is CCN(CC1CC1)S(=O)(=O)c1ccc(CC(=O)OC)cc1. The lowest BCUT2D eigenvalue weighted by Crippen LogP contribution is -2.32. The van der Waals surface area contributed by atoms with Gasteiger partial charge in [-0.1, -0.05) is 19.1 Å². The number of carbonyl (C=O) groups is 1. The Morgan fingerprint density at radius 1 is 1.29 bits per heavy atom.